The van der Waals surface area contributed by atoms with Crippen molar-refractivity contribution >= 4 is 25.7 Å². The monoisotopic (exact) mass is 325 g/mol. The number of anilines is 1. The molecular weight excluding hydrogens is 309 g/mol. The van der Waals surface area contributed by atoms with Gasteiger partial charge in [0.15, 0.2) is 0 Å². The second-order valence-electron chi connectivity index (χ2n) is 4.10. The Morgan fingerprint density at radius 3 is 2.30 bits per heavy atom. The van der Waals surface area contributed by atoms with Crippen molar-refractivity contribution in [3.8, 4) is 0 Å². The molecule has 10 heteroatoms. The summed E-state index contributed by atoms with van der Waals surface area (Å²) in [7, 11) is -7.14. The fourth-order valence-electron chi connectivity index (χ4n) is 1.39. The summed E-state index contributed by atoms with van der Waals surface area (Å²) in [6.07, 6.45) is 1.28. The Hall–Kier alpha value is -1.23. The highest BCUT2D eigenvalue weighted by Gasteiger charge is 2.17. The highest BCUT2D eigenvalue weighted by atomic mass is 32.2. The van der Waals surface area contributed by atoms with Crippen LogP contribution in [-0.4, -0.2) is 36.2 Å². The third-order valence-corrected chi connectivity index (χ3v) is 4.53. The molecule has 0 unspecified atom stereocenters. The maximum Gasteiger partial charge on any atom is 0.242 e. The topological polar surface area (TPSA) is 118 Å². The first kappa shape index (κ1) is 16.8. The van der Waals surface area contributed by atoms with Crippen LogP contribution in [0.3, 0.4) is 0 Å². The number of nitrogens with one attached hydrogen (secondary N) is 2. The molecule has 1 rings (SSSR count). The van der Waals surface area contributed by atoms with Crippen molar-refractivity contribution < 1.29 is 21.2 Å². The van der Waals surface area contributed by atoms with E-state index < -0.39 is 25.9 Å². The van der Waals surface area contributed by atoms with Crippen LogP contribution in [0, 0.1) is 5.82 Å². The summed E-state index contributed by atoms with van der Waals surface area (Å²) in [4.78, 5) is -0.213. The van der Waals surface area contributed by atoms with Crippen LogP contribution < -0.4 is 15.2 Å². The van der Waals surface area contributed by atoms with Gasteiger partial charge in [0, 0.05) is 13.1 Å². The third kappa shape index (κ3) is 5.41. The molecule has 0 amide bonds. The normalized spacial score (nSPS) is 12.5. The predicted molar refractivity (Wildman–Crippen MR) is 73.5 cm³/mol. The Morgan fingerprint density at radius 1 is 1.15 bits per heavy atom. The minimum Gasteiger partial charge on any atom is -0.398 e. The summed E-state index contributed by atoms with van der Waals surface area (Å²) in [5.74, 6) is -0.626. The van der Waals surface area contributed by atoms with Crippen molar-refractivity contribution in [2.75, 3.05) is 25.1 Å². The van der Waals surface area contributed by atoms with Crippen molar-refractivity contribution in [3.05, 3.63) is 24.0 Å². The van der Waals surface area contributed by atoms with Gasteiger partial charge in [-0.15, -0.1) is 0 Å². The summed E-state index contributed by atoms with van der Waals surface area (Å²) in [6.45, 7) is 0.141. The van der Waals surface area contributed by atoms with Gasteiger partial charge in [-0.25, -0.2) is 30.7 Å². The molecule has 7 nitrogen and oxygen atoms in total. The standard InChI is InChI=1S/C10H16FN3O4S2/c1-19(15,16)13-5-2-6-14-20(17,18)10-4-3-8(11)7-9(10)12/h3-4,7,13-14H,2,5-6,12H2,1H3. The average Bonchev–Trinajstić information content (AvgIpc) is 2.26. The average molecular weight is 325 g/mol. The summed E-state index contributed by atoms with van der Waals surface area (Å²) >= 11 is 0. The Morgan fingerprint density at radius 2 is 1.75 bits per heavy atom. The van der Waals surface area contributed by atoms with E-state index in [0.717, 1.165) is 24.5 Å². The Kier molecular flexibility index (Phi) is 5.45. The van der Waals surface area contributed by atoms with E-state index in [1.807, 2.05) is 0 Å². The van der Waals surface area contributed by atoms with Crippen LogP contribution in [0.2, 0.25) is 0 Å². The lowest BCUT2D eigenvalue weighted by Crippen LogP contribution is -2.29. The molecule has 0 atom stereocenters. The fraction of sp³-hybridized carbons (Fsp3) is 0.400. The number of sulfonamides is 2. The first-order valence-corrected chi connectivity index (χ1v) is 8.98. The summed E-state index contributed by atoms with van der Waals surface area (Å²) in [6, 6.07) is 2.98. The maximum atomic E-state index is 12.8. The first-order chi connectivity index (χ1) is 9.12. The van der Waals surface area contributed by atoms with Crippen molar-refractivity contribution in [3.63, 3.8) is 0 Å². The van der Waals surface area contributed by atoms with E-state index in [-0.39, 0.29) is 30.1 Å². The number of hydrogen-bond acceptors (Lipinski definition) is 5. The van der Waals surface area contributed by atoms with Crippen LogP contribution in [0.4, 0.5) is 10.1 Å². The lowest BCUT2D eigenvalue weighted by Gasteiger charge is -2.09. The van der Waals surface area contributed by atoms with Gasteiger partial charge >= 0.3 is 0 Å². The summed E-state index contributed by atoms with van der Waals surface area (Å²) in [5.41, 5.74) is 5.26. The second kappa shape index (κ2) is 6.48. The van der Waals surface area contributed by atoms with Crippen LogP contribution in [0.15, 0.2) is 23.1 Å². The van der Waals surface area contributed by atoms with Gasteiger partial charge < -0.3 is 5.73 Å². The molecule has 0 heterocycles. The minimum absolute atomic E-state index is 0.0294. The van der Waals surface area contributed by atoms with Crippen molar-refractivity contribution in [1.82, 2.24) is 9.44 Å². The van der Waals surface area contributed by atoms with E-state index in [9.17, 15) is 21.2 Å². The Labute approximate surface area is 117 Å². The molecular formula is C10H16FN3O4S2. The molecule has 114 valence electrons. The highest BCUT2D eigenvalue weighted by Crippen LogP contribution is 2.18. The minimum atomic E-state index is -3.84. The molecule has 0 bridgehead atoms. The van der Waals surface area contributed by atoms with Gasteiger partial charge in [0.25, 0.3) is 0 Å². The number of nitrogens with two attached hydrogens (primary N) is 1. The van der Waals surface area contributed by atoms with Crippen LogP contribution in [0.1, 0.15) is 6.42 Å². The van der Waals surface area contributed by atoms with Crippen LogP contribution in [0.25, 0.3) is 0 Å². The number of benzene rings is 1. The van der Waals surface area contributed by atoms with Gasteiger partial charge in [0.1, 0.15) is 10.7 Å². The van der Waals surface area contributed by atoms with Gasteiger partial charge in [-0.05, 0) is 24.6 Å². The van der Waals surface area contributed by atoms with Crippen LogP contribution >= 0.6 is 0 Å². The number of rotatable bonds is 7. The van der Waals surface area contributed by atoms with E-state index in [1.165, 1.54) is 0 Å². The van der Waals surface area contributed by atoms with E-state index >= 15 is 0 Å². The van der Waals surface area contributed by atoms with Gasteiger partial charge in [0.2, 0.25) is 20.0 Å². The van der Waals surface area contributed by atoms with E-state index in [2.05, 4.69) is 9.44 Å². The molecule has 4 N–H and O–H groups in total. The van der Waals surface area contributed by atoms with Crippen LogP contribution in [-0.2, 0) is 20.0 Å². The lowest BCUT2D eigenvalue weighted by molar-refractivity contribution is 0.575. The zero-order chi connectivity index (χ0) is 15.4. The molecule has 1 aromatic carbocycles. The van der Waals surface area contributed by atoms with E-state index in [1.54, 1.807) is 0 Å². The van der Waals surface area contributed by atoms with Gasteiger partial charge in [-0.3, -0.25) is 0 Å². The zero-order valence-corrected chi connectivity index (χ0v) is 12.4. The molecule has 0 aliphatic carbocycles. The quantitative estimate of drug-likeness (QED) is 0.467. The molecule has 0 saturated carbocycles. The Balaban J connectivity index is 2.58. The van der Waals surface area contributed by atoms with Crippen molar-refractivity contribution in [2.24, 2.45) is 0 Å². The largest absolute Gasteiger partial charge is 0.398 e. The van der Waals surface area contributed by atoms with E-state index in [0.29, 0.717) is 0 Å². The second-order valence-corrected chi connectivity index (χ2v) is 7.67. The SMILES string of the molecule is CS(=O)(=O)NCCCNS(=O)(=O)c1ccc(F)cc1N. The summed E-state index contributed by atoms with van der Waals surface area (Å²) in [5, 5.41) is 0. The molecule has 0 aliphatic heterocycles. The van der Waals surface area contributed by atoms with Gasteiger partial charge in [0.05, 0.1) is 11.9 Å². The number of hydrogen-bond donors (Lipinski definition) is 3. The lowest BCUT2D eigenvalue weighted by atomic mass is 10.3. The Bertz CT molecular complexity index is 674. The van der Waals surface area contributed by atoms with Crippen molar-refractivity contribution in [2.45, 2.75) is 11.3 Å². The molecule has 0 saturated heterocycles. The van der Waals surface area contributed by atoms with E-state index in [4.69, 9.17) is 5.73 Å². The molecule has 0 spiro atoms. The maximum absolute atomic E-state index is 12.8. The van der Waals surface area contributed by atoms with Gasteiger partial charge in [-0.2, -0.15) is 0 Å². The number of halogens is 1. The molecule has 0 fully saturated rings. The zero-order valence-electron chi connectivity index (χ0n) is 10.8. The fourth-order valence-corrected chi connectivity index (χ4v) is 3.09. The van der Waals surface area contributed by atoms with Gasteiger partial charge in [-0.1, -0.05) is 0 Å². The first-order valence-electron chi connectivity index (χ1n) is 5.61. The van der Waals surface area contributed by atoms with Crippen molar-refractivity contribution in [1.29, 1.82) is 0 Å². The van der Waals surface area contributed by atoms with Crippen LogP contribution in [0.5, 0.6) is 0 Å². The predicted octanol–water partition coefficient (Wildman–Crippen LogP) is -0.374. The molecule has 1 aromatic rings. The third-order valence-electron chi connectivity index (χ3n) is 2.27. The molecule has 0 radical (unpaired) electrons. The molecule has 0 aromatic heterocycles. The molecule has 20 heavy (non-hydrogen) atoms. The smallest absolute Gasteiger partial charge is 0.242 e. The summed E-state index contributed by atoms with van der Waals surface area (Å²) < 4.78 is 62.6. The highest BCUT2D eigenvalue weighted by molar-refractivity contribution is 7.89. The molecule has 0 aliphatic rings. The number of nitrogen functional groups attached to an aromatic ring is 1.